The number of hydrogen-bond donors (Lipinski definition) is 1. The van der Waals surface area contributed by atoms with Crippen LogP contribution < -0.4 is 10.5 Å². The first-order valence-corrected chi connectivity index (χ1v) is 8.36. The van der Waals surface area contributed by atoms with Gasteiger partial charge in [0.2, 0.25) is 0 Å². The summed E-state index contributed by atoms with van der Waals surface area (Å²) in [4.78, 5) is 1.13. The van der Waals surface area contributed by atoms with E-state index in [1.165, 1.54) is 0 Å². The Morgan fingerprint density at radius 3 is 2.53 bits per heavy atom. The zero-order chi connectivity index (χ0) is 14.0. The Bertz CT molecular complexity index is 568. The lowest BCUT2D eigenvalue weighted by Crippen LogP contribution is -2.28. The Kier molecular flexibility index (Phi) is 5.06. The number of rotatable bonds is 4. The van der Waals surface area contributed by atoms with Crippen molar-refractivity contribution < 1.29 is 4.74 Å². The minimum Gasteiger partial charge on any atom is -0.483 e. The normalized spacial score (nSPS) is 14.2. The summed E-state index contributed by atoms with van der Waals surface area (Å²) in [5.41, 5.74) is 7.20. The van der Waals surface area contributed by atoms with E-state index in [0.717, 1.165) is 25.1 Å². The van der Waals surface area contributed by atoms with Gasteiger partial charge in [-0.3, -0.25) is 0 Å². The number of thiophene rings is 1. The molecule has 2 atom stereocenters. The summed E-state index contributed by atoms with van der Waals surface area (Å²) in [5, 5.41) is 2.04. The lowest BCUT2D eigenvalue weighted by molar-refractivity contribution is 0.184. The molecule has 2 N–H and O–H groups in total. The first-order chi connectivity index (χ1) is 8.97. The van der Waals surface area contributed by atoms with Crippen LogP contribution in [0.2, 0.25) is 0 Å². The molecule has 19 heavy (non-hydrogen) atoms. The highest BCUT2D eigenvalue weighted by atomic mass is 79.9. The molecule has 2 unspecified atom stereocenters. The van der Waals surface area contributed by atoms with Crippen molar-refractivity contribution in [3.8, 4) is 5.75 Å². The van der Waals surface area contributed by atoms with E-state index in [2.05, 4.69) is 37.9 Å². The van der Waals surface area contributed by atoms with E-state index in [1.54, 1.807) is 11.3 Å². The van der Waals surface area contributed by atoms with Gasteiger partial charge in [-0.2, -0.15) is 0 Å². The lowest BCUT2D eigenvalue weighted by Gasteiger charge is -2.21. The monoisotopic (exact) mass is 403 g/mol. The molecule has 0 fully saturated rings. The molecule has 2 aromatic rings. The molecule has 102 valence electrons. The fourth-order valence-corrected chi connectivity index (χ4v) is 3.57. The number of nitrogens with two attached hydrogens (primary N) is 1. The van der Waals surface area contributed by atoms with Crippen LogP contribution in [-0.2, 0) is 0 Å². The van der Waals surface area contributed by atoms with Crippen LogP contribution in [0, 0.1) is 6.92 Å². The molecule has 0 saturated carbocycles. The average molecular weight is 405 g/mol. The van der Waals surface area contributed by atoms with Gasteiger partial charge >= 0.3 is 0 Å². The molecule has 0 saturated heterocycles. The van der Waals surface area contributed by atoms with E-state index in [1.807, 2.05) is 37.4 Å². The Morgan fingerprint density at radius 2 is 2.00 bits per heavy atom. The van der Waals surface area contributed by atoms with Gasteiger partial charge in [-0.25, -0.2) is 0 Å². The molecule has 1 aromatic carbocycles. The van der Waals surface area contributed by atoms with Gasteiger partial charge in [0.25, 0.3) is 0 Å². The third-order valence-electron chi connectivity index (χ3n) is 2.74. The fourth-order valence-electron chi connectivity index (χ4n) is 1.74. The van der Waals surface area contributed by atoms with Crippen LogP contribution in [0.5, 0.6) is 5.75 Å². The van der Waals surface area contributed by atoms with Gasteiger partial charge in [0.05, 0.1) is 0 Å². The Balaban J connectivity index is 2.23. The van der Waals surface area contributed by atoms with Gasteiger partial charge < -0.3 is 10.5 Å². The second-order valence-corrected chi connectivity index (χ2v) is 7.19. The van der Waals surface area contributed by atoms with Crippen LogP contribution in [0.3, 0.4) is 0 Å². The molecule has 0 aliphatic rings. The van der Waals surface area contributed by atoms with Crippen molar-refractivity contribution in [2.24, 2.45) is 5.73 Å². The maximum absolute atomic E-state index is 6.05. The maximum Gasteiger partial charge on any atom is 0.148 e. The predicted molar refractivity (Wildman–Crippen MR) is 87.9 cm³/mol. The number of halogens is 2. The number of ether oxygens (including phenoxy) is 1. The summed E-state index contributed by atoms with van der Waals surface area (Å²) in [6, 6.07) is 7.95. The molecule has 0 aliphatic heterocycles. The van der Waals surface area contributed by atoms with Gasteiger partial charge in [0, 0.05) is 25.2 Å². The first-order valence-electron chi connectivity index (χ1n) is 5.89. The quantitative estimate of drug-likeness (QED) is 0.773. The molecule has 0 spiro atoms. The van der Waals surface area contributed by atoms with E-state index in [-0.39, 0.29) is 12.1 Å². The van der Waals surface area contributed by atoms with Crippen molar-refractivity contribution in [3.63, 3.8) is 0 Å². The van der Waals surface area contributed by atoms with Crippen LogP contribution in [0.25, 0.3) is 0 Å². The Labute approximate surface area is 134 Å². The van der Waals surface area contributed by atoms with Crippen molar-refractivity contribution in [2.45, 2.75) is 26.0 Å². The average Bonchev–Trinajstić information content (AvgIpc) is 2.76. The standard InChI is InChI=1S/C14H15Br2NOS/c1-8-5-11(3-4-12(8)16)18-14(9(2)17)13-6-10(15)7-19-13/h3-7,9,14H,17H2,1-2H3. The van der Waals surface area contributed by atoms with Gasteiger partial charge in [-0.05, 0) is 59.6 Å². The largest absolute Gasteiger partial charge is 0.483 e. The molecule has 0 bridgehead atoms. The highest BCUT2D eigenvalue weighted by Gasteiger charge is 2.20. The van der Waals surface area contributed by atoms with Gasteiger partial charge in [0.15, 0.2) is 0 Å². The minimum absolute atomic E-state index is 0.0745. The van der Waals surface area contributed by atoms with Crippen molar-refractivity contribution in [1.82, 2.24) is 0 Å². The van der Waals surface area contributed by atoms with Crippen LogP contribution in [-0.4, -0.2) is 6.04 Å². The molecule has 2 nitrogen and oxygen atoms in total. The highest BCUT2D eigenvalue weighted by Crippen LogP contribution is 2.32. The van der Waals surface area contributed by atoms with Gasteiger partial charge in [-0.15, -0.1) is 11.3 Å². The van der Waals surface area contributed by atoms with Crippen molar-refractivity contribution >= 4 is 43.2 Å². The molecular formula is C14H15Br2NOS. The molecule has 2 rings (SSSR count). The maximum atomic E-state index is 6.05. The summed E-state index contributed by atoms with van der Waals surface area (Å²) >= 11 is 8.60. The van der Waals surface area contributed by atoms with Crippen LogP contribution >= 0.6 is 43.2 Å². The zero-order valence-corrected chi connectivity index (χ0v) is 14.7. The Hall–Kier alpha value is -0.360. The Morgan fingerprint density at radius 1 is 1.26 bits per heavy atom. The molecular weight excluding hydrogens is 390 g/mol. The summed E-state index contributed by atoms with van der Waals surface area (Å²) in [6.07, 6.45) is -0.128. The summed E-state index contributed by atoms with van der Waals surface area (Å²) < 4.78 is 8.20. The van der Waals surface area contributed by atoms with E-state index in [4.69, 9.17) is 10.5 Å². The first kappa shape index (κ1) is 15.0. The summed E-state index contributed by atoms with van der Waals surface area (Å²) in [5.74, 6) is 0.840. The summed E-state index contributed by atoms with van der Waals surface area (Å²) in [6.45, 7) is 4.00. The fraction of sp³-hybridized carbons (Fsp3) is 0.286. The van der Waals surface area contributed by atoms with Crippen LogP contribution in [0.4, 0.5) is 0 Å². The number of hydrogen-bond acceptors (Lipinski definition) is 3. The third-order valence-corrected chi connectivity index (χ3v) is 5.38. The van der Waals surface area contributed by atoms with E-state index < -0.39 is 0 Å². The predicted octanol–water partition coefficient (Wildman–Crippen LogP) is 5.05. The van der Waals surface area contributed by atoms with Crippen molar-refractivity contribution in [1.29, 1.82) is 0 Å². The number of benzene rings is 1. The summed E-state index contributed by atoms with van der Waals surface area (Å²) in [7, 11) is 0. The van der Waals surface area contributed by atoms with Crippen LogP contribution in [0.15, 0.2) is 38.6 Å². The molecule has 0 amide bonds. The molecule has 0 aliphatic carbocycles. The second kappa shape index (κ2) is 6.39. The number of aryl methyl sites for hydroxylation is 1. The molecule has 5 heteroatoms. The highest BCUT2D eigenvalue weighted by molar-refractivity contribution is 9.10. The van der Waals surface area contributed by atoms with Crippen molar-refractivity contribution in [3.05, 3.63) is 49.0 Å². The minimum atomic E-state index is -0.128. The van der Waals surface area contributed by atoms with Gasteiger partial charge in [-0.1, -0.05) is 15.9 Å². The lowest BCUT2D eigenvalue weighted by atomic mass is 10.1. The zero-order valence-electron chi connectivity index (χ0n) is 10.7. The topological polar surface area (TPSA) is 35.2 Å². The smallest absolute Gasteiger partial charge is 0.148 e. The van der Waals surface area contributed by atoms with Crippen LogP contribution in [0.1, 0.15) is 23.5 Å². The van der Waals surface area contributed by atoms with E-state index >= 15 is 0 Å². The SMILES string of the molecule is Cc1cc(OC(c2cc(Br)cs2)C(C)N)ccc1Br. The van der Waals surface area contributed by atoms with Crippen molar-refractivity contribution in [2.75, 3.05) is 0 Å². The van der Waals surface area contributed by atoms with E-state index in [0.29, 0.717) is 0 Å². The molecule has 1 aromatic heterocycles. The van der Waals surface area contributed by atoms with E-state index in [9.17, 15) is 0 Å². The second-order valence-electron chi connectivity index (χ2n) is 4.48. The third kappa shape index (κ3) is 3.81. The molecule has 0 radical (unpaired) electrons. The molecule has 1 heterocycles. The van der Waals surface area contributed by atoms with Gasteiger partial charge in [0.1, 0.15) is 11.9 Å².